The number of ether oxygens (including phenoxy) is 2. The van der Waals surface area contributed by atoms with Crippen LogP contribution < -0.4 is 0 Å². The third-order valence-electron chi connectivity index (χ3n) is 7.12. The molecule has 1 N–H and O–H groups in total. The normalized spacial score (nSPS) is 13.1. The van der Waals surface area contributed by atoms with Crippen molar-refractivity contribution in [2.45, 2.75) is 154 Å². The van der Waals surface area contributed by atoms with Crippen LogP contribution in [0.4, 0.5) is 0 Å². The Morgan fingerprint density at radius 1 is 0.744 bits per heavy atom. The zero-order chi connectivity index (χ0) is 29.1. The largest absolute Gasteiger partial charge is 0.481 e. The van der Waals surface area contributed by atoms with E-state index < -0.39 is 5.97 Å². The minimum atomic E-state index is -0.732. The van der Waals surface area contributed by atoms with Crippen LogP contribution in [0.25, 0.3) is 0 Å². The minimum absolute atomic E-state index is 0.0693. The zero-order valence-corrected chi connectivity index (χ0v) is 25.6. The molecule has 0 amide bonds. The number of esters is 2. The van der Waals surface area contributed by atoms with Gasteiger partial charge in [-0.1, -0.05) is 83.8 Å². The number of aliphatic carboxylic acids is 1. The van der Waals surface area contributed by atoms with Gasteiger partial charge in [-0.05, 0) is 71.9 Å². The van der Waals surface area contributed by atoms with E-state index in [-0.39, 0.29) is 30.5 Å². The fourth-order valence-corrected chi connectivity index (χ4v) is 4.69. The highest BCUT2D eigenvalue weighted by atomic mass is 16.5. The Balaban J connectivity index is 4.15. The van der Waals surface area contributed by atoms with Gasteiger partial charge in [-0.25, -0.2) is 0 Å². The molecule has 0 aliphatic carbocycles. The zero-order valence-electron chi connectivity index (χ0n) is 25.6. The minimum Gasteiger partial charge on any atom is -0.481 e. The number of carboxylic acids is 1. The number of allylic oxidation sites excluding steroid dienone is 1. The quantitative estimate of drug-likeness (QED) is 0.0629. The summed E-state index contributed by atoms with van der Waals surface area (Å²) in [6.45, 7) is 4.58. The molecule has 0 saturated heterocycles. The summed E-state index contributed by atoms with van der Waals surface area (Å²) in [5.41, 5.74) is 0. The van der Waals surface area contributed by atoms with Gasteiger partial charge in [-0.3, -0.25) is 19.3 Å². The molecule has 0 rings (SSSR count). The summed E-state index contributed by atoms with van der Waals surface area (Å²) >= 11 is 0. The molecule has 0 spiro atoms. The monoisotopic (exact) mass is 553 g/mol. The Hall–Kier alpha value is -1.89. The first-order valence-electron chi connectivity index (χ1n) is 15.7. The molecule has 0 fully saturated rings. The van der Waals surface area contributed by atoms with Crippen LogP contribution in [-0.4, -0.2) is 60.8 Å². The lowest BCUT2D eigenvalue weighted by Crippen LogP contribution is -2.38. The molecule has 0 saturated carbocycles. The van der Waals surface area contributed by atoms with E-state index >= 15 is 0 Å². The van der Waals surface area contributed by atoms with Crippen LogP contribution in [0, 0.1) is 0 Å². The van der Waals surface area contributed by atoms with Crippen LogP contribution in [0.2, 0.25) is 0 Å². The molecule has 2 atom stereocenters. The molecule has 0 radical (unpaired) electrons. The fourth-order valence-electron chi connectivity index (χ4n) is 4.69. The standard InChI is InChI=1S/C32H59NO6/c1-5-7-8-9-10-17-22-27-38-31(36)26-21-16-12-14-19-24-28(39-32(37)29(6-2)33(3)4)23-18-13-11-15-20-25-30(34)35/h17,22,28-29H,5-16,18-21,23-27H2,1-4H3,(H,34,35)/b22-17-. The third-order valence-corrected chi connectivity index (χ3v) is 7.12. The Morgan fingerprint density at radius 3 is 1.87 bits per heavy atom. The van der Waals surface area contributed by atoms with Crippen molar-refractivity contribution < 1.29 is 29.0 Å². The van der Waals surface area contributed by atoms with Gasteiger partial charge in [0.05, 0.1) is 0 Å². The highest BCUT2D eigenvalue weighted by Gasteiger charge is 2.23. The Bertz CT molecular complexity index is 649. The molecule has 0 aromatic rings. The average molecular weight is 554 g/mol. The van der Waals surface area contributed by atoms with Gasteiger partial charge in [-0.15, -0.1) is 0 Å². The molecule has 39 heavy (non-hydrogen) atoms. The summed E-state index contributed by atoms with van der Waals surface area (Å²) in [6.07, 6.45) is 22.8. The molecule has 0 bridgehead atoms. The Morgan fingerprint density at radius 2 is 1.31 bits per heavy atom. The maximum Gasteiger partial charge on any atom is 0.323 e. The summed E-state index contributed by atoms with van der Waals surface area (Å²) < 4.78 is 11.2. The van der Waals surface area contributed by atoms with Gasteiger partial charge >= 0.3 is 17.9 Å². The van der Waals surface area contributed by atoms with Crippen molar-refractivity contribution in [1.82, 2.24) is 4.90 Å². The Labute approximate surface area is 239 Å². The van der Waals surface area contributed by atoms with Crippen molar-refractivity contribution in [1.29, 1.82) is 0 Å². The summed E-state index contributed by atoms with van der Waals surface area (Å²) in [6, 6.07) is -0.218. The third kappa shape index (κ3) is 23.7. The van der Waals surface area contributed by atoms with Crippen molar-refractivity contribution in [2.75, 3.05) is 20.7 Å². The van der Waals surface area contributed by atoms with Crippen LogP contribution in [0.1, 0.15) is 142 Å². The maximum absolute atomic E-state index is 12.7. The molecule has 7 nitrogen and oxygen atoms in total. The molecule has 0 heterocycles. The van der Waals surface area contributed by atoms with Crippen LogP contribution in [-0.2, 0) is 23.9 Å². The predicted molar refractivity (Wildman–Crippen MR) is 159 cm³/mol. The Kier molecular flexibility index (Phi) is 25.1. The molecule has 0 aromatic heterocycles. The summed E-state index contributed by atoms with van der Waals surface area (Å²) in [7, 11) is 3.81. The lowest BCUT2D eigenvalue weighted by atomic mass is 10.0. The molecule has 0 aliphatic rings. The summed E-state index contributed by atoms with van der Waals surface area (Å²) in [4.78, 5) is 37.2. The molecular formula is C32H59NO6. The first kappa shape index (κ1) is 37.1. The van der Waals surface area contributed by atoms with Crippen LogP contribution in [0.15, 0.2) is 12.2 Å². The van der Waals surface area contributed by atoms with E-state index in [4.69, 9.17) is 14.6 Å². The molecule has 2 unspecified atom stereocenters. The number of carboxylic acid groups (broad SMARTS) is 1. The van der Waals surface area contributed by atoms with E-state index in [1.54, 1.807) is 0 Å². The first-order chi connectivity index (χ1) is 18.8. The van der Waals surface area contributed by atoms with Crippen LogP contribution in [0.5, 0.6) is 0 Å². The van der Waals surface area contributed by atoms with Crippen molar-refractivity contribution in [3.05, 3.63) is 12.2 Å². The van der Waals surface area contributed by atoms with E-state index in [0.717, 1.165) is 89.9 Å². The van der Waals surface area contributed by atoms with E-state index in [2.05, 4.69) is 13.0 Å². The molecule has 7 heteroatoms. The van der Waals surface area contributed by atoms with E-state index in [9.17, 15) is 14.4 Å². The number of nitrogens with zero attached hydrogens (tertiary/aromatic N) is 1. The van der Waals surface area contributed by atoms with E-state index in [1.165, 1.54) is 25.7 Å². The van der Waals surface area contributed by atoms with Crippen molar-refractivity contribution >= 4 is 17.9 Å². The second-order valence-corrected chi connectivity index (χ2v) is 11.0. The average Bonchev–Trinajstić information content (AvgIpc) is 2.88. The summed E-state index contributed by atoms with van der Waals surface area (Å²) in [5, 5.41) is 8.75. The van der Waals surface area contributed by atoms with Gasteiger partial charge in [0, 0.05) is 12.8 Å². The van der Waals surface area contributed by atoms with Gasteiger partial charge in [0.15, 0.2) is 0 Å². The van der Waals surface area contributed by atoms with Crippen molar-refractivity contribution in [3.63, 3.8) is 0 Å². The highest BCUT2D eigenvalue weighted by Crippen LogP contribution is 2.18. The number of likely N-dealkylation sites (N-methyl/N-ethyl adjacent to an activating group) is 1. The van der Waals surface area contributed by atoms with E-state index in [1.807, 2.05) is 32.0 Å². The number of unbranched alkanes of at least 4 members (excludes halogenated alkanes) is 12. The first-order valence-corrected chi connectivity index (χ1v) is 15.7. The van der Waals surface area contributed by atoms with Gasteiger partial charge in [-0.2, -0.15) is 0 Å². The van der Waals surface area contributed by atoms with Gasteiger partial charge in [0.2, 0.25) is 0 Å². The predicted octanol–water partition coefficient (Wildman–Crippen LogP) is 7.85. The highest BCUT2D eigenvalue weighted by molar-refractivity contribution is 5.75. The SMILES string of the molecule is CCCCCC/C=C\COC(=O)CCCCCCCC(CCCCCCCC(=O)O)OC(=O)C(CC)N(C)C. The van der Waals surface area contributed by atoms with E-state index in [0.29, 0.717) is 13.0 Å². The van der Waals surface area contributed by atoms with Gasteiger partial charge in [0.25, 0.3) is 0 Å². The molecule has 0 aromatic carbocycles. The smallest absolute Gasteiger partial charge is 0.323 e. The van der Waals surface area contributed by atoms with Crippen molar-refractivity contribution in [2.24, 2.45) is 0 Å². The number of hydrogen-bond donors (Lipinski definition) is 1. The topological polar surface area (TPSA) is 93.1 Å². The van der Waals surface area contributed by atoms with Crippen LogP contribution in [0.3, 0.4) is 0 Å². The molecule has 228 valence electrons. The van der Waals surface area contributed by atoms with Crippen molar-refractivity contribution in [3.8, 4) is 0 Å². The number of rotatable bonds is 27. The van der Waals surface area contributed by atoms with Gasteiger partial charge in [0.1, 0.15) is 18.8 Å². The number of hydrogen-bond acceptors (Lipinski definition) is 6. The number of carbonyl (C=O) groups is 3. The maximum atomic E-state index is 12.7. The van der Waals surface area contributed by atoms with Gasteiger partial charge < -0.3 is 14.6 Å². The fraction of sp³-hybridized carbons (Fsp3) is 0.844. The molecular weight excluding hydrogens is 494 g/mol. The second kappa shape index (κ2) is 26.3. The van der Waals surface area contributed by atoms with Crippen LogP contribution >= 0.6 is 0 Å². The second-order valence-electron chi connectivity index (χ2n) is 11.0. The number of carbonyl (C=O) groups excluding carboxylic acids is 2. The molecule has 0 aliphatic heterocycles. The lowest BCUT2D eigenvalue weighted by molar-refractivity contribution is -0.155. The lowest BCUT2D eigenvalue weighted by Gasteiger charge is -2.25. The summed E-state index contributed by atoms with van der Waals surface area (Å²) in [5.74, 6) is -0.991.